The van der Waals surface area contributed by atoms with Crippen LogP contribution in [0.1, 0.15) is 13.3 Å². The number of halogens is 2. The summed E-state index contributed by atoms with van der Waals surface area (Å²) in [4.78, 5) is -0.596. The van der Waals surface area contributed by atoms with Gasteiger partial charge in [0.15, 0.2) is 0 Å². The van der Waals surface area contributed by atoms with E-state index in [0.29, 0.717) is 13.0 Å². The molecule has 0 aromatic heterocycles. The molecule has 1 fully saturated rings. The van der Waals surface area contributed by atoms with E-state index in [1.165, 1.54) is 4.31 Å². The maximum Gasteiger partial charge on any atom is 0.246 e. The first-order chi connectivity index (χ1) is 8.96. The van der Waals surface area contributed by atoms with Crippen LogP contribution in [0.4, 0.5) is 8.78 Å². The fraction of sp³-hybridized carbons (Fsp3) is 0.500. The van der Waals surface area contributed by atoms with Crippen molar-refractivity contribution >= 4 is 10.0 Å². The molecule has 7 heteroatoms. The van der Waals surface area contributed by atoms with E-state index in [9.17, 15) is 17.2 Å². The van der Waals surface area contributed by atoms with E-state index < -0.39 is 26.6 Å². The summed E-state index contributed by atoms with van der Waals surface area (Å²) < 4.78 is 52.9. The van der Waals surface area contributed by atoms with Gasteiger partial charge in [-0.25, -0.2) is 17.2 Å². The standard InChI is InChI=1S/C12H16F2N2O2S/c1-2-16(10-5-6-15-8-10)19(17,18)12-7-9(13)3-4-11(12)14/h3-4,7,10,15H,2,5-6,8H2,1H3. The Morgan fingerprint density at radius 2 is 2.16 bits per heavy atom. The first kappa shape index (κ1) is 14.4. The summed E-state index contributed by atoms with van der Waals surface area (Å²) in [5, 5.41) is 3.06. The second-order valence-corrected chi connectivity index (χ2v) is 6.29. The molecule has 1 N–H and O–H groups in total. The number of nitrogens with zero attached hydrogens (tertiary/aromatic N) is 1. The first-order valence-electron chi connectivity index (χ1n) is 6.14. The Bertz CT molecular complexity index is 557. The molecule has 4 nitrogen and oxygen atoms in total. The quantitative estimate of drug-likeness (QED) is 0.910. The zero-order valence-corrected chi connectivity index (χ0v) is 11.4. The van der Waals surface area contributed by atoms with Crippen LogP contribution in [-0.4, -0.2) is 38.4 Å². The second kappa shape index (κ2) is 5.52. The molecule has 1 unspecified atom stereocenters. The molecular weight excluding hydrogens is 274 g/mol. The molecule has 1 atom stereocenters. The largest absolute Gasteiger partial charge is 0.315 e. The summed E-state index contributed by atoms with van der Waals surface area (Å²) in [5.74, 6) is -1.69. The third-order valence-electron chi connectivity index (χ3n) is 3.23. The maximum atomic E-state index is 13.7. The fourth-order valence-electron chi connectivity index (χ4n) is 2.31. The number of rotatable bonds is 4. The number of nitrogens with one attached hydrogen (secondary N) is 1. The molecule has 1 heterocycles. The van der Waals surface area contributed by atoms with E-state index in [4.69, 9.17) is 0 Å². The summed E-state index contributed by atoms with van der Waals surface area (Å²) in [6, 6.07) is 2.26. The molecule has 0 radical (unpaired) electrons. The molecule has 0 saturated carbocycles. The van der Waals surface area contributed by atoms with Crippen molar-refractivity contribution in [2.24, 2.45) is 0 Å². The number of hydrogen-bond acceptors (Lipinski definition) is 3. The van der Waals surface area contributed by atoms with Crippen LogP contribution in [0.3, 0.4) is 0 Å². The van der Waals surface area contributed by atoms with Gasteiger partial charge in [0.25, 0.3) is 0 Å². The van der Waals surface area contributed by atoms with Crippen molar-refractivity contribution in [3.05, 3.63) is 29.8 Å². The predicted octanol–water partition coefficient (Wildman–Crippen LogP) is 1.34. The van der Waals surface area contributed by atoms with Crippen molar-refractivity contribution in [3.63, 3.8) is 0 Å². The number of likely N-dealkylation sites (N-methyl/N-ethyl adjacent to an activating group) is 1. The Hall–Kier alpha value is -1.05. The fourth-order valence-corrected chi connectivity index (χ4v) is 4.05. The molecule has 2 rings (SSSR count). The van der Waals surface area contributed by atoms with Gasteiger partial charge in [0.1, 0.15) is 16.5 Å². The Morgan fingerprint density at radius 1 is 1.42 bits per heavy atom. The minimum atomic E-state index is -4.01. The van der Waals surface area contributed by atoms with E-state index in [-0.39, 0.29) is 12.6 Å². The monoisotopic (exact) mass is 290 g/mol. The molecule has 19 heavy (non-hydrogen) atoms. The van der Waals surface area contributed by atoms with Gasteiger partial charge in [0.05, 0.1) is 0 Å². The maximum absolute atomic E-state index is 13.7. The third kappa shape index (κ3) is 2.77. The minimum Gasteiger partial charge on any atom is -0.315 e. The lowest BCUT2D eigenvalue weighted by molar-refractivity contribution is 0.346. The normalized spacial score (nSPS) is 20.1. The minimum absolute atomic E-state index is 0.210. The molecule has 1 saturated heterocycles. The van der Waals surface area contributed by atoms with Crippen LogP contribution in [0.5, 0.6) is 0 Å². The summed E-state index contributed by atoms with van der Waals surface area (Å²) in [5.41, 5.74) is 0. The zero-order chi connectivity index (χ0) is 14.0. The highest BCUT2D eigenvalue weighted by Gasteiger charge is 2.33. The highest BCUT2D eigenvalue weighted by Crippen LogP contribution is 2.23. The SMILES string of the molecule is CCN(C1CCNC1)S(=O)(=O)c1cc(F)ccc1F. The Kier molecular flexibility index (Phi) is 4.17. The van der Waals surface area contributed by atoms with E-state index in [1.807, 2.05) is 0 Å². The molecule has 1 aromatic carbocycles. The average molecular weight is 290 g/mol. The van der Waals surface area contributed by atoms with E-state index in [0.717, 1.165) is 24.7 Å². The van der Waals surface area contributed by atoms with Crippen LogP contribution in [0.15, 0.2) is 23.1 Å². The number of sulfonamides is 1. The van der Waals surface area contributed by atoms with Gasteiger partial charge in [-0.1, -0.05) is 6.92 Å². The van der Waals surface area contributed by atoms with Crippen molar-refractivity contribution in [2.75, 3.05) is 19.6 Å². The predicted molar refractivity (Wildman–Crippen MR) is 67.2 cm³/mol. The Balaban J connectivity index is 2.42. The highest BCUT2D eigenvalue weighted by molar-refractivity contribution is 7.89. The van der Waals surface area contributed by atoms with Gasteiger partial charge in [0.2, 0.25) is 10.0 Å². The van der Waals surface area contributed by atoms with Gasteiger partial charge < -0.3 is 5.32 Å². The van der Waals surface area contributed by atoms with Gasteiger partial charge >= 0.3 is 0 Å². The van der Waals surface area contributed by atoms with Gasteiger partial charge in [-0.2, -0.15) is 4.31 Å². The summed E-state index contributed by atoms with van der Waals surface area (Å²) in [6.45, 7) is 3.17. The molecular formula is C12H16F2N2O2S. The van der Waals surface area contributed by atoms with Crippen LogP contribution < -0.4 is 5.32 Å². The lowest BCUT2D eigenvalue weighted by atomic mass is 10.3. The van der Waals surface area contributed by atoms with Gasteiger partial charge in [-0.3, -0.25) is 0 Å². The van der Waals surface area contributed by atoms with Crippen molar-refractivity contribution in [1.29, 1.82) is 0 Å². The van der Waals surface area contributed by atoms with E-state index >= 15 is 0 Å². The molecule has 0 aliphatic carbocycles. The number of benzene rings is 1. The lowest BCUT2D eigenvalue weighted by Gasteiger charge is -2.26. The number of hydrogen-bond donors (Lipinski definition) is 1. The van der Waals surface area contributed by atoms with Crippen LogP contribution in [-0.2, 0) is 10.0 Å². The molecule has 1 aliphatic rings. The van der Waals surface area contributed by atoms with Crippen LogP contribution in [0.25, 0.3) is 0 Å². The van der Waals surface area contributed by atoms with Gasteiger partial charge in [0, 0.05) is 19.1 Å². The Labute approximate surface area is 111 Å². The second-order valence-electron chi connectivity index (χ2n) is 4.43. The molecule has 0 spiro atoms. The summed E-state index contributed by atoms with van der Waals surface area (Å²) in [6.07, 6.45) is 0.671. The van der Waals surface area contributed by atoms with Crippen molar-refractivity contribution in [3.8, 4) is 0 Å². The molecule has 1 aliphatic heterocycles. The molecule has 0 bridgehead atoms. The van der Waals surface area contributed by atoms with Crippen molar-refractivity contribution < 1.29 is 17.2 Å². The van der Waals surface area contributed by atoms with Crippen LogP contribution in [0, 0.1) is 11.6 Å². The zero-order valence-electron chi connectivity index (χ0n) is 10.6. The Morgan fingerprint density at radius 3 is 2.74 bits per heavy atom. The van der Waals surface area contributed by atoms with Crippen LogP contribution in [0.2, 0.25) is 0 Å². The summed E-state index contributed by atoms with van der Waals surface area (Å²) in [7, 11) is -4.01. The third-order valence-corrected chi connectivity index (χ3v) is 5.28. The molecule has 106 valence electrons. The van der Waals surface area contributed by atoms with Gasteiger partial charge in [-0.15, -0.1) is 0 Å². The van der Waals surface area contributed by atoms with Crippen molar-refractivity contribution in [1.82, 2.24) is 9.62 Å². The van der Waals surface area contributed by atoms with Crippen LogP contribution >= 0.6 is 0 Å². The molecule has 1 aromatic rings. The first-order valence-corrected chi connectivity index (χ1v) is 7.58. The highest BCUT2D eigenvalue weighted by atomic mass is 32.2. The van der Waals surface area contributed by atoms with Gasteiger partial charge in [-0.05, 0) is 31.2 Å². The van der Waals surface area contributed by atoms with E-state index in [1.54, 1.807) is 6.92 Å². The van der Waals surface area contributed by atoms with Crippen molar-refractivity contribution in [2.45, 2.75) is 24.3 Å². The smallest absolute Gasteiger partial charge is 0.246 e. The topological polar surface area (TPSA) is 49.4 Å². The lowest BCUT2D eigenvalue weighted by Crippen LogP contribution is -2.41. The average Bonchev–Trinajstić information content (AvgIpc) is 2.86. The molecule has 0 amide bonds. The summed E-state index contributed by atoms with van der Waals surface area (Å²) >= 11 is 0. The van der Waals surface area contributed by atoms with E-state index in [2.05, 4.69) is 5.32 Å².